The topological polar surface area (TPSA) is 183 Å². The maximum Gasteiger partial charge on any atom is 0.339 e. The Hall–Kier alpha value is -3.52. The van der Waals surface area contributed by atoms with Crippen LogP contribution >= 0.6 is 0 Å². The quantitative estimate of drug-likeness (QED) is 0.259. The van der Waals surface area contributed by atoms with Gasteiger partial charge >= 0.3 is 5.97 Å². The van der Waals surface area contributed by atoms with Crippen LogP contribution in [0.4, 0.5) is 23.0 Å². The number of nitrogens with zero attached hydrogens (tertiary/aromatic N) is 1. The van der Waals surface area contributed by atoms with Crippen molar-refractivity contribution in [3.05, 3.63) is 63.2 Å². The largest absolute Gasteiger partial charge is 0.478 e. The number of hydrogen-bond acceptors (Lipinski definition) is 8. The second-order valence-electron chi connectivity index (χ2n) is 8.80. The van der Waals surface area contributed by atoms with Crippen molar-refractivity contribution in [2.24, 2.45) is 0 Å². The van der Waals surface area contributed by atoms with Crippen molar-refractivity contribution in [2.45, 2.75) is 51.3 Å². The third-order valence-corrected chi connectivity index (χ3v) is 7.72. The van der Waals surface area contributed by atoms with Gasteiger partial charge in [0.1, 0.15) is 17.2 Å². The van der Waals surface area contributed by atoms with Gasteiger partial charge in [0.05, 0.1) is 9.79 Å². The maximum absolute atomic E-state index is 12.2. The molecule has 11 nitrogen and oxygen atoms in total. The van der Waals surface area contributed by atoms with Crippen LogP contribution in [0.1, 0.15) is 43.7 Å². The van der Waals surface area contributed by atoms with Crippen LogP contribution in [0.3, 0.4) is 0 Å². The van der Waals surface area contributed by atoms with Crippen molar-refractivity contribution in [3.8, 4) is 0 Å². The number of rotatable bonds is 7. The average molecular weight is 550 g/mol. The summed E-state index contributed by atoms with van der Waals surface area (Å²) in [5.41, 5.74) is 3.71. The number of carbonyl (C=O) groups is 1. The van der Waals surface area contributed by atoms with Crippen LogP contribution in [0.15, 0.2) is 34.1 Å². The van der Waals surface area contributed by atoms with Gasteiger partial charge in [0, 0.05) is 11.4 Å². The molecule has 0 unspecified atom stereocenters. The number of aryl methyl sites for hydroxylation is 4. The monoisotopic (exact) mass is 549 g/mol. The number of anilines is 4. The number of aromatic carboxylic acids is 1. The van der Waals surface area contributed by atoms with Gasteiger partial charge in [0.15, 0.2) is 0 Å². The van der Waals surface area contributed by atoms with Crippen molar-refractivity contribution in [1.82, 2.24) is 4.98 Å². The Balaban J connectivity index is 2.17. The molecule has 0 fully saturated rings. The van der Waals surface area contributed by atoms with Crippen LogP contribution in [-0.4, -0.2) is 42.0 Å². The van der Waals surface area contributed by atoms with E-state index in [4.69, 9.17) is 0 Å². The van der Waals surface area contributed by atoms with Crippen LogP contribution in [0.5, 0.6) is 0 Å². The summed E-state index contributed by atoms with van der Waals surface area (Å²) in [6.45, 7) is 9.83. The van der Waals surface area contributed by atoms with E-state index in [0.29, 0.717) is 50.6 Å². The SMILES string of the molecule is Cc1cc(S(=O)(=O)O)cc(C)c1Nc1nc(Nc2c(C)cc(S(=O)(=O)O)cc2C)c(C(=O)O)c(C)c1C. The first-order valence-corrected chi connectivity index (χ1v) is 13.8. The summed E-state index contributed by atoms with van der Waals surface area (Å²) < 4.78 is 65.1. The number of carboxylic acids is 1. The van der Waals surface area contributed by atoms with Crippen LogP contribution < -0.4 is 10.6 Å². The lowest BCUT2D eigenvalue weighted by Crippen LogP contribution is -2.13. The van der Waals surface area contributed by atoms with Gasteiger partial charge < -0.3 is 15.7 Å². The fraction of sp³-hybridized carbons (Fsp3) is 0.250. The number of benzene rings is 2. The summed E-state index contributed by atoms with van der Waals surface area (Å²) >= 11 is 0. The van der Waals surface area contributed by atoms with E-state index in [-0.39, 0.29) is 21.2 Å². The first-order valence-electron chi connectivity index (χ1n) is 10.9. The molecule has 0 aliphatic rings. The third kappa shape index (κ3) is 5.74. The molecule has 5 N–H and O–H groups in total. The standard InChI is InChI=1S/C24H27N3O8S2/c1-11-7-17(36(30,31)32)8-12(2)20(11)25-22-16(6)15(5)19(24(28)29)23(27-22)26-21-13(3)9-18(10-14(21)4)37(33,34)35/h7-10H,1-6H3,(H,28,29)(H2,25,26,27)(H,30,31,32)(H,33,34,35). The Kier molecular flexibility index (Phi) is 7.39. The molecule has 1 aromatic heterocycles. The molecule has 3 aromatic rings. The predicted molar refractivity (Wildman–Crippen MR) is 139 cm³/mol. The molecule has 198 valence electrons. The highest BCUT2D eigenvalue weighted by atomic mass is 32.2. The maximum atomic E-state index is 12.2. The van der Waals surface area contributed by atoms with Crippen LogP contribution in [0.25, 0.3) is 0 Å². The first kappa shape index (κ1) is 28.1. The van der Waals surface area contributed by atoms with Crippen LogP contribution in [-0.2, 0) is 20.2 Å². The summed E-state index contributed by atoms with van der Waals surface area (Å²) in [6.07, 6.45) is 0. The Morgan fingerprint density at radius 2 is 1.03 bits per heavy atom. The molecule has 3 rings (SSSR count). The van der Waals surface area contributed by atoms with Gasteiger partial charge in [-0.1, -0.05) is 0 Å². The number of aromatic nitrogens is 1. The van der Waals surface area contributed by atoms with E-state index in [1.165, 1.54) is 24.3 Å². The number of carboxylic acid groups (broad SMARTS) is 1. The average Bonchev–Trinajstić information content (AvgIpc) is 2.74. The van der Waals surface area contributed by atoms with Gasteiger partial charge in [-0.15, -0.1) is 0 Å². The fourth-order valence-electron chi connectivity index (χ4n) is 4.04. The lowest BCUT2D eigenvalue weighted by molar-refractivity contribution is 0.0696. The van der Waals surface area contributed by atoms with Gasteiger partial charge in [0.2, 0.25) is 0 Å². The molecular formula is C24H27N3O8S2. The number of nitrogens with one attached hydrogen (secondary N) is 2. The Morgan fingerprint density at radius 1 is 0.676 bits per heavy atom. The van der Waals surface area contributed by atoms with E-state index in [9.17, 15) is 35.8 Å². The van der Waals surface area contributed by atoms with Gasteiger partial charge in [0.25, 0.3) is 20.2 Å². The van der Waals surface area contributed by atoms with E-state index >= 15 is 0 Å². The molecular weight excluding hydrogens is 522 g/mol. The van der Waals surface area contributed by atoms with Crippen molar-refractivity contribution >= 4 is 49.2 Å². The molecule has 0 spiro atoms. The van der Waals surface area contributed by atoms with E-state index in [0.717, 1.165) is 0 Å². The molecule has 0 radical (unpaired) electrons. The van der Waals surface area contributed by atoms with Gasteiger partial charge in [-0.3, -0.25) is 9.11 Å². The minimum Gasteiger partial charge on any atom is -0.478 e. The van der Waals surface area contributed by atoms with E-state index < -0.39 is 26.2 Å². The molecule has 1 heterocycles. The zero-order valence-corrected chi connectivity index (χ0v) is 22.6. The molecule has 13 heteroatoms. The van der Waals surface area contributed by atoms with Crippen molar-refractivity contribution in [2.75, 3.05) is 10.6 Å². The van der Waals surface area contributed by atoms with E-state index in [2.05, 4.69) is 15.6 Å². The summed E-state index contributed by atoms with van der Waals surface area (Å²) in [6, 6.07) is 5.13. The molecule has 0 saturated heterocycles. The zero-order valence-electron chi connectivity index (χ0n) is 21.0. The smallest absolute Gasteiger partial charge is 0.339 e. The lowest BCUT2D eigenvalue weighted by Gasteiger charge is -2.21. The van der Waals surface area contributed by atoms with Crippen LogP contribution in [0.2, 0.25) is 0 Å². The molecule has 37 heavy (non-hydrogen) atoms. The summed E-state index contributed by atoms with van der Waals surface area (Å²) in [5.74, 6) is -0.925. The highest BCUT2D eigenvalue weighted by molar-refractivity contribution is 7.86. The van der Waals surface area contributed by atoms with Crippen LogP contribution in [0, 0.1) is 41.5 Å². The highest BCUT2D eigenvalue weighted by Gasteiger charge is 2.23. The Labute approximate surface area is 215 Å². The van der Waals surface area contributed by atoms with Crippen molar-refractivity contribution in [3.63, 3.8) is 0 Å². The normalized spacial score (nSPS) is 11.9. The summed E-state index contributed by atoms with van der Waals surface area (Å²) in [7, 11) is -8.84. The Bertz CT molecular complexity index is 1620. The van der Waals surface area contributed by atoms with E-state index in [1.807, 2.05) is 0 Å². The molecule has 0 atom stereocenters. The molecule has 0 amide bonds. The van der Waals surface area contributed by atoms with Crippen molar-refractivity contribution < 1.29 is 35.8 Å². The van der Waals surface area contributed by atoms with E-state index in [1.54, 1.807) is 41.5 Å². The second-order valence-corrected chi connectivity index (χ2v) is 11.6. The van der Waals surface area contributed by atoms with Gasteiger partial charge in [-0.05, 0) is 99.2 Å². The molecule has 0 saturated carbocycles. The number of pyridine rings is 1. The first-order chi connectivity index (χ1) is 16.9. The fourth-order valence-corrected chi connectivity index (χ4v) is 5.35. The van der Waals surface area contributed by atoms with Gasteiger partial charge in [-0.2, -0.15) is 16.8 Å². The zero-order chi connectivity index (χ0) is 28.0. The second kappa shape index (κ2) is 9.74. The lowest BCUT2D eigenvalue weighted by atomic mass is 10.0. The van der Waals surface area contributed by atoms with Gasteiger partial charge in [-0.25, -0.2) is 9.78 Å². The highest BCUT2D eigenvalue weighted by Crippen LogP contribution is 2.35. The predicted octanol–water partition coefficient (Wildman–Crippen LogP) is 4.61. The Morgan fingerprint density at radius 3 is 1.35 bits per heavy atom. The summed E-state index contributed by atoms with van der Waals surface area (Å²) in [5, 5.41) is 16.1. The molecule has 0 aliphatic heterocycles. The molecule has 0 bridgehead atoms. The molecule has 2 aromatic carbocycles. The number of hydrogen-bond donors (Lipinski definition) is 5. The molecule has 0 aliphatic carbocycles. The summed E-state index contributed by atoms with van der Waals surface area (Å²) in [4.78, 5) is 16.1. The minimum absolute atomic E-state index is 0.00577. The van der Waals surface area contributed by atoms with Crippen molar-refractivity contribution in [1.29, 1.82) is 0 Å². The third-order valence-electron chi connectivity index (χ3n) is 6.06. The minimum atomic E-state index is -4.43.